The monoisotopic (exact) mass is 315 g/mol. The van der Waals surface area contributed by atoms with Crippen LogP contribution < -0.4 is 5.32 Å². The summed E-state index contributed by atoms with van der Waals surface area (Å²) in [6, 6.07) is 0. The lowest BCUT2D eigenvalue weighted by molar-refractivity contribution is 0.0176. The van der Waals surface area contributed by atoms with Gasteiger partial charge in [-0.2, -0.15) is 0 Å². The number of hydrogen-bond acceptors (Lipinski definition) is 5. The van der Waals surface area contributed by atoms with Crippen LogP contribution in [0, 0.1) is 0 Å². The summed E-state index contributed by atoms with van der Waals surface area (Å²) in [7, 11) is -2.77. The molecule has 0 aliphatic rings. The summed E-state index contributed by atoms with van der Waals surface area (Å²) in [6.07, 6.45) is 0.781. The van der Waals surface area contributed by atoms with Crippen LogP contribution in [0.2, 0.25) is 0 Å². The van der Waals surface area contributed by atoms with Crippen LogP contribution in [0.4, 0.5) is 0 Å². The first kappa shape index (κ1) is 25.0. The van der Waals surface area contributed by atoms with Gasteiger partial charge in [-0.3, -0.25) is 9.05 Å². The molecule has 0 aliphatic carbocycles. The molecule has 20 heavy (non-hydrogen) atoms. The molecule has 0 amide bonds. The van der Waals surface area contributed by atoms with Crippen LogP contribution in [0.1, 0.15) is 48.0 Å². The zero-order valence-electron chi connectivity index (χ0n) is 14.1. The van der Waals surface area contributed by atoms with Gasteiger partial charge < -0.3 is 14.9 Å². The van der Waals surface area contributed by atoms with Gasteiger partial charge in [0.25, 0.3) is 0 Å². The van der Waals surface area contributed by atoms with E-state index in [0.29, 0.717) is 13.2 Å². The van der Waals surface area contributed by atoms with E-state index in [-0.39, 0.29) is 12.7 Å². The van der Waals surface area contributed by atoms with E-state index in [2.05, 4.69) is 16.8 Å². The summed E-state index contributed by atoms with van der Waals surface area (Å²) >= 11 is 0. The van der Waals surface area contributed by atoms with Crippen molar-refractivity contribution in [2.75, 3.05) is 33.4 Å². The summed E-state index contributed by atoms with van der Waals surface area (Å²) in [5.41, 5.74) is 0. The average molecular weight is 315 g/mol. The maximum atomic E-state index is 11.1. The van der Waals surface area contributed by atoms with Gasteiger partial charge >= 0.3 is 7.82 Å². The standard InChI is InChI=1S/C9H22NO5P.2C2H6/c1-4-6-10-7-9(14-5-2)8-15-16(11,12)13-3;2*1-2/h9-10H,4-8H2,1-3H3,(H,11,12);2*1-2H3. The zero-order valence-corrected chi connectivity index (χ0v) is 15.0. The van der Waals surface area contributed by atoms with Gasteiger partial charge in [0, 0.05) is 20.3 Å². The van der Waals surface area contributed by atoms with Crippen molar-refractivity contribution in [1.82, 2.24) is 5.32 Å². The Morgan fingerprint density at radius 3 is 2.15 bits per heavy atom. The van der Waals surface area contributed by atoms with Crippen LogP contribution in [0.5, 0.6) is 0 Å². The average Bonchev–Trinajstić information content (AvgIpc) is 2.49. The third kappa shape index (κ3) is 18.0. The largest absolute Gasteiger partial charge is 0.472 e. The Balaban J connectivity index is -0.000000656. The molecule has 0 rings (SSSR count). The lowest BCUT2D eigenvalue weighted by Gasteiger charge is -2.18. The van der Waals surface area contributed by atoms with Gasteiger partial charge in [-0.05, 0) is 19.9 Å². The highest BCUT2D eigenvalue weighted by atomic mass is 31.2. The zero-order chi connectivity index (χ0) is 16.4. The Labute approximate surface area is 124 Å². The van der Waals surface area contributed by atoms with Crippen LogP contribution in [0.15, 0.2) is 0 Å². The molecule has 2 unspecified atom stereocenters. The molecule has 0 aromatic rings. The summed E-state index contributed by atoms with van der Waals surface area (Å²) in [6.45, 7) is 14.0. The molecule has 0 saturated carbocycles. The molecule has 0 aromatic heterocycles. The Morgan fingerprint density at radius 1 is 1.20 bits per heavy atom. The number of phosphoric acid groups is 1. The Morgan fingerprint density at radius 2 is 1.75 bits per heavy atom. The number of phosphoric ester groups is 1. The molecule has 0 spiro atoms. The van der Waals surface area contributed by atoms with Crippen molar-refractivity contribution >= 4 is 7.82 Å². The number of ether oxygens (including phenoxy) is 1. The van der Waals surface area contributed by atoms with E-state index in [1.807, 2.05) is 34.6 Å². The van der Waals surface area contributed by atoms with E-state index < -0.39 is 7.82 Å². The molecule has 0 aliphatic heterocycles. The molecule has 0 saturated heterocycles. The highest BCUT2D eigenvalue weighted by molar-refractivity contribution is 7.47. The maximum Gasteiger partial charge on any atom is 0.472 e. The first-order valence-electron chi connectivity index (χ1n) is 7.41. The minimum Gasteiger partial charge on any atom is -0.375 e. The van der Waals surface area contributed by atoms with Crippen LogP contribution >= 0.6 is 7.82 Å². The van der Waals surface area contributed by atoms with E-state index >= 15 is 0 Å². The van der Waals surface area contributed by atoms with Crippen molar-refractivity contribution in [3.8, 4) is 0 Å². The smallest absolute Gasteiger partial charge is 0.375 e. The second-order valence-electron chi connectivity index (χ2n) is 3.23. The van der Waals surface area contributed by atoms with Crippen molar-refractivity contribution in [1.29, 1.82) is 0 Å². The van der Waals surface area contributed by atoms with E-state index in [4.69, 9.17) is 14.2 Å². The van der Waals surface area contributed by atoms with Gasteiger partial charge in [0.05, 0.1) is 12.7 Å². The second-order valence-corrected chi connectivity index (χ2v) is 4.79. The summed E-state index contributed by atoms with van der Waals surface area (Å²) in [5.74, 6) is 0. The first-order valence-corrected chi connectivity index (χ1v) is 8.90. The molecule has 0 heterocycles. The lowest BCUT2D eigenvalue weighted by atomic mass is 10.3. The van der Waals surface area contributed by atoms with Gasteiger partial charge in [-0.1, -0.05) is 34.6 Å². The molecule has 0 radical (unpaired) electrons. The van der Waals surface area contributed by atoms with Crippen molar-refractivity contribution in [2.45, 2.75) is 54.1 Å². The number of hydrogen-bond donors (Lipinski definition) is 2. The Hall–Kier alpha value is 0.0300. The van der Waals surface area contributed by atoms with Gasteiger partial charge in [0.1, 0.15) is 0 Å². The van der Waals surface area contributed by atoms with Gasteiger partial charge in [0.2, 0.25) is 0 Å². The third-order valence-corrected chi connectivity index (χ3v) is 2.79. The molecule has 6 nitrogen and oxygen atoms in total. The van der Waals surface area contributed by atoms with E-state index in [1.165, 1.54) is 0 Å². The quantitative estimate of drug-likeness (QED) is 0.476. The van der Waals surface area contributed by atoms with Crippen molar-refractivity contribution in [3.63, 3.8) is 0 Å². The highest BCUT2D eigenvalue weighted by Crippen LogP contribution is 2.41. The summed E-state index contributed by atoms with van der Waals surface area (Å²) < 4.78 is 25.5. The molecule has 0 aromatic carbocycles. The molecule has 0 bridgehead atoms. The minimum absolute atomic E-state index is 0.0339. The third-order valence-electron chi connectivity index (χ3n) is 1.86. The fourth-order valence-corrected chi connectivity index (χ4v) is 1.53. The van der Waals surface area contributed by atoms with Gasteiger partial charge in [-0.25, -0.2) is 4.57 Å². The van der Waals surface area contributed by atoms with Crippen molar-refractivity contribution in [2.24, 2.45) is 0 Å². The summed E-state index contributed by atoms with van der Waals surface area (Å²) in [5, 5.41) is 3.16. The van der Waals surface area contributed by atoms with Crippen LogP contribution in [0.3, 0.4) is 0 Å². The lowest BCUT2D eigenvalue weighted by Crippen LogP contribution is -2.33. The van der Waals surface area contributed by atoms with Crippen molar-refractivity contribution in [3.05, 3.63) is 0 Å². The number of rotatable bonds is 10. The minimum atomic E-state index is -3.90. The summed E-state index contributed by atoms with van der Waals surface area (Å²) in [4.78, 5) is 9.05. The predicted octanol–water partition coefficient (Wildman–Crippen LogP) is 3.21. The Kier molecular flexibility index (Phi) is 23.8. The maximum absolute atomic E-state index is 11.1. The van der Waals surface area contributed by atoms with Crippen molar-refractivity contribution < 1.29 is 23.2 Å². The van der Waals surface area contributed by atoms with E-state index in [9.17, 15) is 4.57 Å². The first-order chi connectivity index (χ1) is 9.55. The van der Waals surface area contributed by atoms with Gasteiger partial charge in [-0.15, -0.1) is 0 Å². The number of nitrogens with one attached hydrogen (secondary N) is 1. The molecule has 126 valence electrons. The molecular weight excluding hydrogens is 281 g/mol. The fourth-order valence-electron chi connectivity index (χ4n) is 1.07. The predicted molar refractivity (Wildman–Crippen MR) is 84.1 cm³/mol. The molecular formula is C13H34NO5P. The van der Waals surface area contributed by atoms with Crippen LogP contribution in [-0.4, -0.2) is 44.4 Å². The van der Waals surface area contributed by atoms with Crippen LogP contribution in [-0.2, 0) is 18.3 Å². The SMILES string of the molecule is CC.CC.CCCNCC(COP(=O)(O)OC)OCC. The highest BCUT2D eigenvalue weighted by Gasteiger charge is 2.21. The van der Waals surface area contributed by atoms with Crippen LogP contribution in [0.25, 0.3) is 0 Å². The normalized spacial score (nSPS) is 14.2. The van der Waals surface area contributed by atoms with Gasteiger partial charge in [0.15, 0.2) is 0 Å². The topological polar surface area (TPSA) is 77.0 Å². The molecule has 2 atom stereocenters. The van der Waals surface area contributed by atoms with E-state index in [1.54, 1.807) is 0 Å². The Bertz CT molecular complexity index is 217. The molecule has 2 N–H and O–H groups in total. The molecule has 7 heteroatoms. The van der Waals surface area contributed by atoms with E-state index in [0.717, 1.165) is 20.1 Å². The molecule has 0 fully saturated rings. The fraction of sp³-hybridized carbons (Fsp3) is 1.00. The second kappa shape index (κ2) is 19.0.